The highest BCUT2D eigenvalue weighted by atomic mass is 32.2. The minimum absolute atomic E-state index is 0.0773. The topological polar surface area (TPSA) is 94.2 Å². The van der Waals surface area contributed by atoms with Crippen LogP contribution >= 0.6 is 23.1 Å². The van der Waals surface area contributed by atoms with Crippen molar-refractivity contribution in [2.24, 2.45) is 0 Å². The molecule has 1 fully saturated rings. The highest BCUT2D eigenvalue weighted by Gasteiger charge is 2.34. The predicted molar refractivity (Wildman–Crippen MR) is 133 cm³/mol. The molecule has 1 saturated heterocycles. The van der Waals surface area contributed by atoms with Gasteiger partial charge < -0.3 is 19.5 Å². The number of amides is 3. The van der Waals surface area contributed by atoms with Gasteiger partial charge in [-0.1, -0.05) is 18.2 Å². The Hall–Kier alpha value is -3.50. The number of methoxy groups -OCH3 is 3. The largest absolute Gasteiger partial charge is 0.493 e. The Labute approximate surface area is 204 Å². The van der Waals surface area contributed by atoms with Gasteiger partial charge in [-0.3, -0.25) is 19.3 Å². The van der Waals surface area contributed by atoms with Crippen molar-refractivity contribution in [1.82, 2.24) is 10.2 Å². The SMILES string of the molecule is COc1cc(/C=C2\SC(=O)N(CCNC(=O)c3cc4ccccc4s3)C2=O)cc(OC)c1OC. The summed E-state index contributed by atoms with van der Waals surface area (Å²) in [5.41, 5.74) is 0.623. The molecular weight excluding hydrogens is 476 g/mol. The van der Waals surface area contributed by atoms with Crippen molar-refractivity contribution < 1.29 is 28.6 Å². The Kier molecular flexibility index (Phi) is 7.09. The van der Waals surface area contributed by atoms with Crippen molar-refractivity contribution in [2.45, 2.75) is 0 Å². The molecule has 0 aliphatic carbocycles. The Balaban J connectivity index is 1.42. The zero-order valence-electron chi connectivity index (χ0n) is 18.7. The first-order chi connectivity index (χ1) is 16.4. The van der Waals surface area contributed by atoms with Crippen LogP contribution in [-0.4, -0.2) is 56.4 Å². The van der Waals surface area contributed by atoms with Crippen molar-refractivity contribution >= 4 is 56.3 Å². The van der Waals surface area contributed by atoms with E-state index >= 15 is 0 Å². The summed E-state index contributed by atoms with van der Waals surface area (Å²) in [4.78, 5) is 39.7. The van der Waals surface area contributed by atoms with Gasteiger partial charge in [0, 0.05) is 17.8 Å². The molecule has 0 saturated carbocycles. The van der Waals surface area contributed by atoms with E-state index in [0.717, 1.165) is 26.7 Å². The number of fused-ring (bicyclic) bond motifs is 1. The first-order valence-corrected chi connectivity index (χ1v) is 11.9. The number of nitrogens with zero attached hydrogens (tertiary/aromatic N) is 1. The molecule has 8 nitrogen and oxygen atoms in total. The molecule has 2 heterocycles. The van der Waals surface area contributed by atoms with Gasteiger partial charge in [0.15, 0.2) is 11.5 Å². The summed E-state index contributed by atoms with van der Waals surface area (Å²) in [6.45, 7) is 0.233. The molecular formula is C24H22N2O6S2. The maximum absolute atomic E-state index is 12.8. The van der Waals surface area contributed by atoms with Gasteiger partial charge in [-0.05, 0) is 53.1 Å². The van der Waals surface area contributed by atoms with Gasteiger partial charge in [0.2, 0.25) is 5.75 Å². The fourth-order valence-corrected chi connectivity index (χ4v) is 5.34. The molecule has 3 amide bonds. The van der Waals surface area contributed by atoms with Crippen LogP contribution in [0.25, 0.3) is 16.2 Å². The lowest BCUT2D eigenvalue weighted by atomic mass is 10.1. The van der Waals surface area contributed by atoms with Crippen molar-refractivity contribution in [3.8, 4) is 17.2 Å². The highest BCUT2D eigenvalue weighted by molar-refractivity contribution is 8.18. The van der Waals surface area contributed by atoms with E-state index in [1.54, 1.807) is 18.2 Å². The Morgan fingerprint density at radius 3 is 2.38 bits per heavy atom. The third-order valence-electron chi connectivity index (χ3n) is 5.13. The molecule has 0 unspecified atom stereocenters. The Morgan fingerprint density at radius 2 is 1.74 bits per heavy atom. The minimum atomic E-state index is -0.417. The van der Waals surface area contributed by atoms with Crippen LogP contribution in [0.5, 0.6) is 17.2 Å². The summed E-state index contributed by atoms with van der Waals surface area (Å²) in [5, 5.41) is 3.40. The zero-order chi connectivity index (χ0) is 24.2. The quantitative estimate of drug-likeness (QED) is 0.460. The lowest BCUT2D eigenvalue weighted by Gasteiger charge is -2.13. The molecule has 0 atom stereocenters. The van der Waals surface area contributed by atoms with Crippen molar-refractivity contribution in [2.75, 3.05) is 34.4 Å². The molecule has 2 aromatic carbocycles. The van der Waals surface area contributed by atoms with Gasteiger partial charge in [0.25, 0.3) is 17.1 Å². The second-order valence-electron chi connectivity index (χ2n) is 7.20. The van der Waals surface area contributed by atoms with E-state index in [9.17, 15) is 14.4 Å². The van der Waals surface area contributed by atoms with Crippen LogP contribution in [0.1, 0.15) is 15.2 Å². The van der Waals surface area contributed by atoms with E-state index in [-0.39, 0.29) is 29.1 Å². The summed E-state index contributed by atoms with van der Waals surface area (Å²) in [6.07, 6.45) is 1.60. The number of carbonyl (C=O) groups excluding carboxylic acids is 3. The zero-order valence-corrected chi connectivity index (χ0v) is 20.4. The van der Waals surface area contributed by atoms with Crippen LogP contribution in [0.15, 0.2) is 47.4 Å². The minimum Gasteiger partial charge on any atom is -0.493 e. The van der Waals surface area contributed by atoms with Gasteiger partial charge >= 0.3 is 0 Å². The van der Waals surface area contributed by atoms with Gasteiger partial charge in [-0.2, -0.15) is 0 Å². The number of thioether (sulfide) groups is 1. The smallest absolute Gasteiger partial charge is 0.293 e. The van der Waals surface area contributed by atoms with Crippen molar-refractivity contribution in [3.05, 3.63) is 57.8 Å². The van der Waals surface area contributed by atoms with E-state index in [4.69, 9.17) is 14.2 Å². The second kappa shape index (κ2) is 10.2. The van der Waals surface area contributed by atoms with Crippen LogP contribution in [0.4, 0.5) is 4.79 Å². The maximum atomic E-state index is 12.8. The lowest BCUT2D eigenvalue weighted by molar-refractivity contribution is -0.122. The first-order valence-electron chi connectivity index (χ1n) is 10.3. The molecule has 1 aliphatic heterocycles. The molecule has 0 bridgehead atoms. The summed E-state index contributed by atoms with van der Waals surface area (Å²) < 4.78 is 17.0. The average molecular weight is 499 g/mol. The summed E-state index contributed by atoms with van der Waals surface area (Å²) in [7, 11) is 4.51. The number of carbonyl (C=O) groups is 3. The van der Waals surface area contributed by atoms with Gasteiger partial charge in [0.1, 0.15) is 0 Å². The Bertz CT molecular complexity index is 1240. The number of thiophene rings is 1. The molecule has 4 rings (SSSR count). The third-order valence-corrected chi connectivity index (χ3v) is 7.15. The normalized spacial score (nSPS) is 14.7. The number of benzene rings is 2. The van der Waals surface area contributed by atoms with Gasteiger partial charge in [-0.25, -0.2) is 0 Å². The van der Waals surface area contributed by atoms with E-state index in [1.165, 1.54) is 32.7 Å². The van der Waals surface area contributed by atoms with Crippen LogP contribution in [-0.2, 0) is 4.79 Å². The Morgan fingerprint density at radius 1 is 1.03 bits per heavy atom. The fraction of sp³-hybridized carbons (Fsp3) is 0.208. The highest BCUT2D eigenvalue weighted by Crippen LogP contribution is 2.40. The van der Waals surface area contributed by atoms with Crippen LogP contribution in [0.2, 0.25) is 0 Å². The summed E-state index contributed by atoms with van der Waals surface area (Å²) in [5.74, 6) is 0.665. The average Bonchev–Trinajstić information content (AvgIpc) is 3.39. The van der Waals surface area contributed by atoms with Crippen LogP contribution in [0, 0.1) is 0 Å². The molecule has 0 spiro atoms. The van der Waals surface area contributed by atoms with Gasteiger partial charge in [0.05, 0.1) is 31.1 Å². The summed E-state index contributed by atoms with van der Waals surface area (Å²) in [6, 6.07) is 13.0. The molecule has 34 heavy (non-hydrogen) atoms. The number of nitrogens with one attached hydrogen (secondary N) is 1. The monoisotopic (exact) mass is 498 g/mol. The molecule has 1 aromatic heterocycles. The number of rotatable bonds is 8. The van der Waals surface area contributed by atoms with E-state index in [2.05, 4.69) is 5.32 Å². The molecule has 0 radical (unpaired) electrons. The number of ether oxygens (including phenoxy) is 3. The van der Waals surface area contributed by atoms with E-state index in [0.29, 0.717) is 27.7 Å². The maximum Gasteiger partial charge on any atom is 0.293 e. The second-order valence-corrected chi connectivity index (χ2v) is 9.27. The van der Waals surface area contributed by atoms with Crippen LogP contribution in [0.3, 0.4) is 0 Å². The van der Waals surface area contributed by atoms with E-state index in [1.807, 2.05) is 30.3 Å². The third kappa shape index (κ3) is 4.73. The predicted octanol–water partition coefficient (Wildman–Crippen LogP) is 4.39. The summed E-state index contributed by atoms with van der Waals surface area (Å²) >= 11 is 2.24. The molecule has 176 valence electrons. The molecule has 10 heteroatoms. The van der Waals surface area contributed by atoms with Crippen molar-refractivity contribution in [1.29, 1.82) is 0 Å². The lowest BCUT2D eigenvalue weighted by Crippen LogP contribution is -2.37. The molecule has 3 aromatic rings. The fourth-order valence-electron chi connectivity index (χ4n) is 3.49. The van der Waals surface area contributed by atoms with Crippen molar-refractivity contribution in [3.63, 3.8) is 0 Å². The standard InChI is InChI=1S/C24H22N2O6S2/c1-30-16-10-14(11-17(31-2)21(16)32-3)12-20-23(28)26(24(29)34-20)9-8-25-22(27)19-13-15-6-4-5-7-18(15)33-19/h4-7,10-13H,8-9H2,1-3H3,(H,25,27)/b20-12-. The first kappa shape index (κ1) is 23.7. The number of hydrogen-bond acceptors (Lipinski definition) is 8. The number of imide groups is 1. The molecule has 1 aliphatic rings. The number of hydrogen-bond donors (Lipinski definition) is 1. The van der Waals surface area contributed by atoms with Gasteiger partial charge in [-0.15, -0.1) is 11.3 Å². The van der Waals surface area contributed by atoms with Crippen LogP contribution < -0.4 is 19.5 Å². The van der Waals surface area contributed by atoms with E-state index < -0.39 is 5.91 Å². The molecule has 1 N–H and O–H groups in total.